The van der Waals surface area contributed by atoms with Gasteiger partial charge in [-0.25, -0.2) is 4.98 Å². The van der Waals surface area contributed by atoms with E-state index in [1.54, 1.807) is 18.3 Å². The molecule has 0 bridgehead atoms. The van der Waals surface area contributed by atoms with Crippen LogP contribution in [0.5, 0.6) is 0 Å². The molecule has 0 radical (unpaired) electrons. The van der Waals surface area contributed by atoms with Gasteiger partial charge in [0, 0.05) is 19.3 Å². The van der Waals surface area contributed by atoms with Crippen LogP contribution >= 0.6 is 0 Å². The molecule has 0 aromatic carbocycles. The molecule has 3 N–H and O–H groups in total. The number of pyridine rings is 1. The maximum Gasteiger partial charge on any atom is 0.255 e. The highest BCUT2D eigenvalue weighted by Gasteiger charge is 2.08. The molecular formula is C12H19N3O2. The fourth-order valence-electron chi connectivity index (χ4n) is 1.26. The number of nitrogens with zero attached hydrogens (tertiary/aromatic N) is 1. The fraction of sp³-hybridized carbons (Fsp3) is 0.500. The first kappa shape index (κ1) is 13.4. The summed E-state index contributed by atoms with van der Waals surface area (Å²) < 4.78 is 5.35. The molecule has 17 heavy (non-hydrogen) atoms. The van der Waals surface area contributed by atoms with E-state index < -0.39 is 0 Å². The highest BCUT2D eigenvalue weighted by molar-refractivity contribution is 5.98. The zero-order chi connectivity index (χ0) is 12.7. The average Bonchev–Trinajstić information content (AvgIpc) is 2.28. The predicted molar refractivity (Wildman–Crippen MR) is 66.6 cm³/mol. The van der Waals surface area contributed by atoms with E-state index in [0.29, 0.717) is 31.2 Å². The van der Waals surface area contributed by atoms with E-state index in [9.17, 15) is 4.79 Å². The molecule has 1 heterocycles. The molecule has 0 aliphatic carbocycles. The number of hydrogen-bond donors (Lipinski definition) is 2. The van der Waals surface area contributed by atoms with Crippen molar-refractivity contribution in [2.24, 2.45) is 5.92 Å². The summed E-state index contributed by atoms with van der Waals surface area (Å²) in [6.07, 6.45) is 1.55. The molecule has 5 heteroatoms. The van der Waals surface area contributed by atoms with Gasteiger partial charge < -0.3 is 15.8 Å². The SMILES string of the molecule is CC(C)COCCNC(=O)c1cccnc1N. The highest BCUT2D eigenvalue weighted by atomic mass is 16.5. The fourth-order valence-corrected chi connectivity index (χ4v) is 1.26. The van der Waals surface area contributed by atoms with Crippen molar-refractivity contribution in [2.45, 2.75) is 13.8 Å². The lowest BCUT2D eigenvalue weighted by molar-refractivity contribution is 0.0887. The van der Waals surface area contributed by atoms with Gasteiger partial charge in [-0.3, -0.25) is 4.79 Å². The Hall–Kier alpha value is -1.62. The van der Waals surface area contributed by atoms with Crippen LogP contribution in [0.15, 0.2) is 18.3 Å². The van der Waals surface area contributed by atoms with Crippen molar-refractivity contribution in [2.75, 3.05) is 25.5 Å². The standard InChI is InChI=1S/C12H19N3O2/c1-9(2)8-17-7-6-15-12(16)10-4-3-5-14-11(10)13/h3-5,9H,6-8H2,1-2H3,(H2,13,14)(H,15,16). The molecule has 1 amide bonds. The maximum absolute atomic E-state index is 11.7. The number of nitrogen functional groups attached to an aromatic ring is 1. The third kappa shape index (κ3) is 4.82. The van der Waals surface area contributed by atoms with E-state index in [0.717, 1.165) is 0 Å². The normalized spacial score (nSPS) is 10.5. The van der Waals surface area contributed by atoms with Gasteiger partial charge in [-0.1, -0.05) is 13.8 Å². The lowest BCUT2D eigenvalue weighted by Crippen LogP contribution is -2.28. The minimum atomic E-state index is -0.219. The van der Waals surface area contributed by atoms with Crippen molar-refractivity contribution >= 4 is 11.7 Å². The quantitative estimate of drug-likeness (QED) is 0.725. The van der Waals surface area contributed by atoms with Crippen LogP contribution < -0.4 is 11.1 Å². The van der Waals surface area contributed by atoms with Crippen molar-refractivity contribution in [3.8, 4) is 0 Å². The van der Waals surface area contributed by atoms with E-state index in [4.69, 9.17) is 10.5 Å². The second-order valence-electron chi connectivity index (χ2n) is 4.16. The predicted octanol–water partition coefficient (Wildman–Crippen LogP) is 1.07. The van der Waals surface area contributed by atoms with Gasteiger partial charge in [0.2, 0.25) is 0 Å². The molecule has 0 spiro atoms. The monoisotopic (exact) mass is 237 g/mol. The molecule has 0 saturated carbocycles. The molecule has 0 aliphatic heterocycles. The summed E-state index contributed by atoms with van der Waals surface area (Å²) in [6, 6.07) is 3.33. The summed E-state index contributed by atoms with van der Waals surface area (Å²) >= 11 is 0. The zero-order valence-corrected chi connectivity index (χ0v) is 10.3. The van der Waals surface area contributed by atoms with Gasteiger partial charge in [-0.15, -0.1) is 0 Å². The van der Waals surface area contributed by atoms with Crippen molar-refractivity contribution < 1.29 is 9.53 Å². The first-order valence-corrected chi connectivity index (χ1v) is 5.67. The summed E-state index contributed by atoms with van der Waals surface area (Å²) in [5, 5.41) is 2.73. The lowest BCUT2D eigenvalue weighted by atomic mass is 10.2. The van der Waals surface area contributed by atoms with Crippen LogP contribution in [0, 0.1) is 5.92 Å². The molecule has 0 fully saturated rings. The average molecular weight is 237 g/mol. The van der Waals surface area contributed by atoms with Crippen molar-refractivity contribution in [1.82, 2.24) is 10.3 Å². The zero-order valence-electron chi connectivity index (χ0n) is 10.3. The maximum atomic E-state index is 11.7. The molecular weight excluding hydrogens is 218 g/mol. The first-order valence-electron chi connectivity index (χ1n) is 5.67. The molecule has 1 aromatic heterocycles. The molecule has 94 valence electrons. The Labute approximate surface area is 101 Å². The Bertz CT molecular complexity index is 367. The number of nitrogens with one attached hydrogen (secondary N) is 1. The van der Waals surface area contributed by atoms with Gasteiger partial charge in [0.25, 0.3) is 5.91 Å². The van der Waals surface area contributed by atoms with Crippen LogP contribution in [-0.2, 0) is 4.74 Å². The number of amides is 1. The smallest absolute Gasteiger partial charge is 0.255 e. The van der Waals surface area contributed by atoms with Crippen LogP contribution in [0.25, 0.3) is 0 Å². The number of carbonyl (C=O) groups is 1. The second-order valence-corrected chi connectivity index (χ2v) is 4.16. The minimum Gasteiger partial charge on any atom is -0.383 e. The Balaban J connectivity index is 2.29. The van der Waals surface area contributed by atoms with Gasteiger partial charge in [-0.2, -0.15) is 0 Å². The van der Waals surface area contributed by atoms with Crippen molar-refractivity contribution in [1.29, 1.82) is 0 Å². The van der Waals surface area contributed by atoms with E-state index >= 15 is 0 Å². The largest absolute Gasteiger partial charge is 0.383 e. The number of carbonyl (C=O) groups excluding carboxylic acids is 1. The van der Waals surface area contributed by atoms with Gasteiger partial charge in [0.05, 0.1) is 12.2 Å². The minimum absolute atomic E-state index is 0.219. The number of aromatic nitrogens is 1. The van der Waals surface area contributed by atoms with Crippen LogP contribution in [0.1, 0.15) is 24.2 Å². The summed E-state index contributed by atoms with van der Waals surface area (Å²) in [5.41, 5.74) is 5.99. The third-order valence-corrected chi connectivity index (χ3v) is 2.07. The summed E-state index contributed by atoms with van der Waals surface area (Å²) in [5.74, 6) is 0.525. The molecule has 0 unspecified atom stereocenters. The Morgan fingerprint density at radius 1 is 1.59 bits per heavy atom. The molecule has 0 aliphatic rings. The third-order valence-electron chi connectivity index (χ3n) is 2.07. The Morgan fingerprint density at radius 2 is 2.35 bits per heavy atom. The highest BCUT2D eigenvalue weighted by Crippen LogP contribution is 2.05. The van der Waals surface area contributed by atoms with Gasteiger partial charge in [-0.05, 0) is 18.1 Å². The molecule has 1 rings (SSSR count). The second kappa shape index (κ2) is 6.85. The number of anilines is 1. The molecule has 0 saturated heterocycles. The van der Waals surface area contributed by atoms with Gasteiger partial charge in [0.15, 0.2) is 0 Å². The molecule has 1 aromatic rings. The Kier molecular flexibility index (Phi) is 5.42. The lowest BCUT2D eigenvalue weighted by Gasteiger charge is -2.08. The van der Waals surface area contributed by atoms with E-state index in [1.165, 1.54) is 0 Å². The number of rotatable bonds is 6. The molecule has 0 atom stereocenters. The number of nitrogens with two attached hydrogens (primary N) is 1. The number of ether oxygens (including phenoxy) is 1. The number of hydrogen-bond acceptors (Lipinski definition) is 4. The van der Waals surface area contributed by atoms with Gasteiger partial charge >= 0.3 is 0 Å². The summed E-state index contributed by atoms with van der Waals surface area (Å²) in [4.78, 5) is 15.5. The van der Waals surface area contributed by atoms with Crippen LogP contribution in [0.4, 0.5) is 5.82 Å². The van der Waals surface area contributed by atoms with Crippen molar-refractivity contribution in [3.05, 3.63) is 23.9 Å². The topological polar surface area (TPSA) is 77.2 Å². The van der Waals surface area contributed by atoms with Crippen LogP contribution in [0.3, 0.4) is 0 Å². The van der Waals surface area contributed by atoms with Crippen LogP contribution in [0.2, 0.25) is 0 Å². The Morgan fingerprint density at radius 3 is 3.00 bits per heavy atom. The molecule has 5 nitrogen and oxygen atoms in total. The van der Waals surface area contributed by atoms with E-state index in [2.05, 4.69) is 24.1 Å². The van der Waals surface area contributed by atoms with Gasteiger partial charge in [0.1, 0.15) is 5.82 Å². The van der Waals surface area contributed by atoms with E-state index in [1.807, 2.05) is 0 Å². The first-order chi connectivity index (χ1) is 8.11. The van der Waals surface area contributed by atoms with Crippen LogP contribution in [-0.4, -0.2) is 30.6 Å². The summed E-state index contributed by atoms with van der Waals surface area (Å²) in [6.45, 7) is 5.83. The van der Waals surface area contributed by atoms with Crippen molar-refractivity contribution in [3.63, 3.8) is 0 Å². The summed E-state index contributed by atoms with van der Waals surface area (Å²) in [7, 11) is 0. The van der Waals surface area contributed by atoms with E-state index in [-0.39, 0.29) is 11.7 Å².